The number of hydrogen-bond donors (Lipinski definition) is 1. The lowest BCUT2D eigenvalue weighted by Crippen LogP contribution is -2.13. The van der Waals surface area contributed by atoms with Crippen LogP contribution < -0.4 is 4.89 Å². The van der Waals surface area contributed by atoms with Crippen LogP contribution in [0, 0.1) is 6.92 Å². The van der Waals surface area contributed by atoms with E-state index < -0.39 is 6.10 Å². The third-order valence-electron chi connectivity index (χ3n) is 5.81. The summed E-state index contributed by atoms with van der Waals surface area (Å²) in [6.45, 7) is 9.81. The van der Waals surface area contributed by atoms with E-state index in [4.69, 9.17) is 15.0 Å². The molecule has 0 amide bonds. The van der Waals surface area contributed by atoms with Crippen LogP contribution in [0.4, 0.5) is 0 Å². The summed E-state index contributed by atoms with van der Waals surface area (Å²) in [5, 5.41) is 9.01. The highest BCUT2D eigenvalue weighted by atomic mass is 17.2. The highest BCUT2D eigenvalue weighted by Gasteiger charge is 2.25. The largest absolute Gasteiger partial charge is 0.337 e. The van der Waals surface area contributed by atoms with E-state index in [1.807, 2.05) is 18.2 Å². The molecule has 1 N–H and O–H groups in total. The first-order valence-corrected chi connectivity index (χ1v) is 10.2. The Morgan fingerprint density at radius 3 is 2.31 bits per heavy atom. The molecule has 1 saturated carbocycles. The first kappa shape index (κ1) is 21.3. The molecule has 1 aliphatic rings. The van der Waals surface area contributed by atoms with Crippen LogP contribution in [0.3, 0.4) is 0 Å². The summed E-state index contributed by atoms with van der Waals surface area (Å²) < 4.78 is 0. The van der Waals surface area contributed by atoms with Crippen molar-refractivity contribution in [1.29, 1.82) is 0 Å². The van der Waals surface area contributed by atoms with Crippen LogP contribution in [0.2, 0.25) is 0 Å². The summed E-state index contributed by atoms with van der Waals surface area (Å²) in [6, 6.07) is 14.5. The van der Waals surface area contributed by atoms with Gasteiger partial charge in [0.15, 0.2) is 5.75 Å². The molecule has 29 heavy (non-hydrogen) atoms. The Bertz CT molecular complexity index is 804. The second kappa shape index (κ2) is 10.4. The van der Waals surface area contributed by atoms with Crippen LogP contribution in [-0.2, 0) is 9.78 Å². The molecule has 4 heteroatoms. The zero-order valence-electron chi connectivity index (χ0n) is 17.0. The van der Waals surface area contributed by atoms with Gasteiger partial charge in [-0.15, -0.1) is 13.2 Å². The van der Waals surface area contributed by atoms with Gasteiger partial charge in [0.2, 0.25) is 0 Å². The van der Waals surface area contributed by atoms with E-state index in [1.165, 1.54) is 42.4 Å². The van der Waals surface area contributed by atoms with Crippen LogP contribution in [0.25, 0.3) is 0 Å². The van der Waals surface area contributed by atoms with Gasteiger partial charge < -0.3 is 4.89 Å². The van der Waals surface area contributed by atoms with Crippen molar-refractivity contribution < 1.29 is 19.9 Å². The summed E-state index contributed by atoms with van der Waals surface area (Å²) in [5.41, 5.74) is 4.93. The number of rotatable bonds is 9. The standard InChI is InChI=1S/C25H30O4/c1-4-16-27-29-23-13-10-20(11-14-23)19-6-8-21(9-7-19)24-15-12-22(17-18(24)3)25(5-2)28-26/h4-5,10-15,17,19,21,25-26H,1-2,6-9,16H2,3H3. The summed E-state index contributed by atoms with van der Waals surface area (Å²) in [5.74, 6) is 1.87. The Morgan fingerprint density at radius 2 is 1.72 bits per heavy atom. The third kappa shape index (κ3) is 5.36. The zero-order chi connectivity index (χ0) is 20.6. The Morgan fingerprint density at radius 1 is 1.03 bits per heavy atom. The van der Waals surface area contributed by atoms with Crippen molar-refractivity contribution in [2.45, 2.75) is 50.5 Å². The van der Waals surface area contributed by atoms with Crippen LogP contribution in [0.15, 0.2) is 67.8 Å². The fraction of sp³-hybridized carbons (Fsp3) is 0.360. The molecule has 2 aromatic rings. The molecule has 2 aromatic carbocycles. The molecule has 1 aliphatic carbocycles. The van der Waals surface area contributed by atoms with E-state index in [-0.39, 0.29) is 0 Å². The minimum atomic E-state index is -0.479. The molecular weight excluding hydrogens is 364 g/mol. The average molecular weight is 395 g/mol. The first-order chi connectivity index (χ1) is 14.2. The highest BCUT2D eigenvalue weighted by molar-refractivity contribution is 5.36. The van der Waals surface area contributed by atoms with Crippen LogP contribution in [0.1, 0.15) is 65.9 Å². The summed E-state index contributed by atoms with van der Waals surface area (Å²) in [4.78, 5) is 14.7. The van der Waals surface area contributed by atoms with Crippen molar-refractivity contribution >= 4 is 0 Å². The Hall–Kier alpha value is -2.40. The van der Waals surface area contributed by atoms with E-state index in [9.17, 15) is 0 Å². The fourth-order valence-electron chi connectivity index (χ4n) is 4.26. The maximum absolute atomic E-state index is 9.01. The van der Waals surface area contributed by atoms with Gasteiger partial charge in [0.25, 0.3) is 0 Å². The second-order valence-electron chi connectivity index (χ2n) is 7.65. The minimum Gasteiger partial charge on any atom is -0.337 e. The normalized spacial score (nSPS) is 20.1. The average Bonchev–Trinajstić information content (AvgIpc) is 2.76. The topological polar surface area (TPSA) is 47.9 Å². The molecule has 0 radical (unpaired) electrons. The molecule has 4 nitrogen and oxygen atoms in total. The van der Waals surface area contributed by atoms with Gasteiger partial charge in [0.05, 0.1) is 0 Å². The Labute approximate surface area is 173 Å². The molecule has 1 fully saturated rings. The first-order valence-electron chi connectivity index (χ1n) is 10.2. The van der Waals surface area contributed by atoms with E-state index in [1.54, 1.807) is 12.2 Å². The molecule has 3 rings (SSSR count). The van der Waals surface area contributed by atoms with Gasteiger partial charge in [-0.05, 0) is 78.8 Å². The quantitative estimate of drug-likeness (QED) is 0.224. The number of aryl methyl sites for hydroxylation is 1. The lowest BCUT2D eigenvalue weighted by Gasteiger charge is -2.30. The smallest absolute Gasteiger partial charge is 0.165 e. The Kier molecular flexibility index (Phi) is 7.64. The molecule has 0 bridgehead atoms. The molecule has 1 atom stereocenters. The molecule has 0 spiro atoms. The van der Waals surface area contributed by atoms with Crippen molar-refractivity contribution in [3.05, 3.63) is 90.0 Å². The maximum Gasteiger partial charge on any atom is 0.165 e. The maximum atomic E-state index is 9.01. The van der Waals surface area contributed by atoms with E-state index in [0.29, 0.717) is 24.2 Å². The highest BCUT2D eigenvalue weighted by Crippen LogP contribution is 2.42. The molecular formula is C25H30O4. The van der Waals surface area contributed by atoms with Crippen molar-refractivity contribution in [3.63, 3.8) is 0 Å². The predicted octanol–water partition coefficient (Wildman–Crippen LogP) is 6.65. The molecule has 0 aliphatic heterocycles. The predicted molar refractivity (Wildman–Crippen MR) is 115 cm³/mol. The third-order valence-corrected chi connectivity index (χ3v) is 5.81. The van der Waals surface area contributed by atoms with E-state index >= 15 is 0 Å². The summed E-state index contributed by atoms with van der Waals surface area (Å²) in [6.07, 6.45) is 7.47. The van der Waals surface area contributed by atoms with Crippen molar-refractivity contribution in [2.24, 2.45) is 0 Å². The van der Waals surface area contributed by atoms with Crippen molar-refractivity contribution in [3.8, 4) is 5.75 Å². The molecule has 0 saturated heterocycles. The van der Waals surface area contributed by atoms with E-state index in [0.717, 1.165) is 5.56 Å². The van der Waals surface area contributed by atoms with Gasteiger partial charge in [-0.2, -0.15) is 4.89 Å². The van der Waals surface area contributed by atoms with Crippen LogP contribution in [-0.4, -0.2) is 11.9 Å². The van der Waals surface area contributed by atoms with Crippen molar-refractivity contribution in [1.82, 2.24) is 0 Å². The SMILES string of the molecule is C=CCOOc1ccc(C2CCC(c3ccc(C(C=C)OO)cc3C)CC2)cc1. The summed E-state index contributed by atoms with van der Waals surface area (Å²) >= 11 is 0. The van der Waals surface area contributed by atoms with Gasteiger partial charge in [-0.1, -0.05) is 42.5 Å². The van der Waals surface area contributed by atoms with Crippen LogP contribution in [0.5, 0.6) is 5.75 Å². The molecule has 154 valence electrons. The fourth-order valence-corrected chi connectivity index (χ4v) is 4.26. The molecule has 1 unspecified atom stereocenters. The van der Waals surface area contributed by atoms with Gasteiger partial charge in [0.1, 0.15) is 12.7 Å². The second-order valence-corrected chi connectivity index (χ2v) is 7.65. The van der Waals surface area contributed by atoms with Gasteiger partial charge in [-0.25, -0.2) is 4.89 Å². The van der Waals surface area contributed by atoms with Gasteiger partial charge in [-0.3, -0.25) is 5.26 Å². The van der Waals surface area contributed by atoms with Crippen LogP contribution >= 0.6 is 0 Å². The minimum absolute atomic E-state index is 0.368. The lowest BCUT2D eigenvalue weighted by atomic mass is 9.75. The van der Waals surface area contributed by atoms with Crippen molar-refractivity contribution in [2.75, 3.05) is 6.61 Å². The lowest BCUT2D eigenvalue weighted by molar-refractivity contribution is -0.268. The van der Waals surface area contributed by atoms with Gasteiger partial charge in [0, 0.05) is 0 Å². The van der Waals surface area contributed by atoms with E-state index in [2.05, 4.69) is 49.2 Å². The number of benzene rings is 2. The molecule has 0 heterocycles. The zero-order valence-corrected chi connectivity index (χ0v) is 17.0. The Balaban J connectivity index is 1.59. The number of hydrogen-bond acceptors (Lipinski definition) is 4. The van der Waals surface area contributed by atoms with Gasteiger partial charge >= 0.3 is 0 Å². The summed E-state index contributed by atoms with van der Waals surface area (Å²) in [7, 11) is 0. The monoisotopic (exact) mass is 394 g/mol. The molecule has 0 aromatic heterocycles.